The molecule has 7 atom stereocenters. The highest BCUT2D eigenvalue weighted by molar-refractivity contribution is 5.91. The Balaban J connectivity index is 1.58. The van der Waals surface area contributed by atoms with Crippen LogP contribution < -0.4 is 0 Å². The van der Waals surface area contributed by atoms with Crippen molar-refractivity contribution in [3.63, 3.8) is 0 Å². The highest BCUT2D eigenvalue weighted by Crippen LogP contribution is 2.64. The molecule has 0 aromatic heterocycles. The lowest BCUT2D eigenvalue weighted by Crippen LogP contribution is -2.50. The molecule has 0 radical (unpaired) electrons. The maximum Gasteiger partial charge on any atom is 0.414 e. The molecule has 25 heavy (non-hydrogen) atoms. The van der Waals surface area contributed by atoms with E-state index in [4.69, 9.17) is 0 Å². The number of hydrogen-bond acceptors (Lipinski definition) is 2. The van der Waals surface area contributed by atoms with Crippen molar-refractivity contribution in [2.24, 2.45) is 35.0 Å². The van der Waals surface area contributed by atoms with Crippen LogP contribution in [0.15, 0.2) is 11.6 Å². The van der Waals surface area contributed by atoms with Crippen molar-refractivity contribution in [1.29, 1.82) is 0 Å². The second kappa shape index (κ2) is 5.83. The van der Waals surface area contributed by atoms with Gasteiger partial charge in [0.1, 0.15) is 0 Å². The summed E-state index contributed by atoms with van der Waals surface area (Å²) in [6, 6.07) is 0. The van der Waals surface area contributed by atoms with Crippen molar-refractivity contribution in [1.82, 2.24) is 0 Å². The normalized spacial score (nSPS) is 45.2. The van der Waals surface area contributed by atoms with Crippen LogP contribution in [0.1, 0.15) is 58.3 Å². The number of alkyl halides is 3. The minimum absolute atomic E-state index is 0.236. The minimum Gasteiger partial charge on any atom is -0.383 e. The van der Waals surface area contributed by atoms with Crippen LogP contribution in [0.4, 0.5) is 13.2 Å². The van der Waals surface area contributed by atoms with E-state index in [1.165, 1.54) is 5.57 Å². The highest BCUT2D eigenvalue weighted by atomic mass is 19.4. The molecule has 0 aromatic carbocycles. The third kappa shape index (κ3) is 2.68. The zero-order valence-electron chi connectivity index (χ0n) is 14.7. The van der Waals surface area contributed by atoms with Crippen molar-refractivity contribution < 1.29 is 23.1 Å². The average Bonchev–Trinajstić information content (AvgIpc) is 2.89. The molecule has 0 saturated heterocycles. The number of aliphatic hydroxyl groups excluding tert-OH is 1. The topological polar surface area (TPSA) is 37.3 Å². The van der Waals surface area contributed by atoms with Gasteiger partial charge < -0.3 is 5.11 Å². The van der Waals surface area contributed by atoms with Crippen LogP contribution in [0.25, 0.3) is 0 Å². The molecule has 4 aliphatic rings. The molecular weight excluding hydrogens is 329 g/mol. The number of ketones is 1. The first-order valence-corrected chi connectivity index (χ1v) is 9.70. The Morgan fingerprint density at radius 3 is 2.60 bits per heavy atom. The summed E-state index contributed by atoms with van der Waals surface area (Å²) in [5, 5.41) is 9.93. The summed E-state index contributed by atoms with van der Waals surface area (Å²) >= 11 is 0. The van der Waals surface area contributed by atoms with Gasteiger partial charge in [-0.25, -0.2) is 0 Å². The molecule has 0 aromatic rings. The lowest BCUT2D eigenvalue weighted by Gasteiger charge is -2.54. The second-order valence-electron chi connectivity index (χ2n) is 9.02. The van der Waals surface area contributed by atoms with Gasteiger partial charge in [-0.1, -0.05) is 12.5 Å². The van der Waals surface area contributed by atoms with Crippen molar-refractivity contribution in [3.8, 4) is 0 Å². The van der Waals surface area contributed by atoms with Gasteiger partial charge in [-0.05, 0) is 86.0 Å². The van der Waals surface area contributed by atoms with Crippen molar-refractivity contribution in [2.45, 2.75) is 70.6 Å². The van der Waals surface area contributed by atoms with Crippen LogP contribution >= 0.6 is 0 Å². The average molecular weight is 356 g/mol. The Kier molecular flexibility index (Phi) is 4.10. The molecule has 140 valence electrons. The highest BCUT2D eigenvalue weighted by Gasteiger charge is 2.60. The first-order valence-electron chi connectivity index (χ1n) is 9.70. The molecule has 5 heteroatoms. The number of aliphatic hydroxyl groups is 1. The van der Waals surface area contributed by atoms with E-state index >= 15 is 0 Å². The quantitative estimate of drug-likeness (QED) is 0.741. The third-order valence-corrected chi connectivity index (χ3v) is 8.09. The number of carbonyl (C=O) groups is 1. The molecule has 3 fully saturated rings. The van der Waals surface area contributed by atoms with Crippen LogP contribution in [0.3, 0.4) is 0 Å². The molecule has 2 nitrogen and oxygen atoms in total. The first kappa shape index (κ1) is 17.6. The number of allylic oxidation sites excluding steroid dienone is 1. The largest absolute Gasteiger partial charge is 0.414 e. The monoisotopic (exact) mass is 356 g/mol. The zero-order valence-corrected chi connectivity index (χ0v) is 14.7. The van der Waals surface area contributed by atoms with Crippen LogP contribution in [0.2, 0.25) is 0 Å². The maximum absolute atomic E-state index is 13.1. The number of halogens is 3. The number of carbonyl (C=O) groups excluding carboxylic acids is 1. The predicted octanol–water partition coefficient (Wildman–Crippen LogP) is 4.67. The van der Waals surface area contributed by atoms with Crippen molar-refractivity contribution in [2.75, 3.05) is 0 Å². The summed E-state index contributed by atoms with van der Waals surface area (Å²) in [5.41, 5.74) is 0.896. The summed E-state index contributed by atoms with van der Waals surface area (Å²) in [6.45, 7) is 2.00. The van der Waals surface area contributed by atoms with Gasteiger partial charge in [0.25, 0.3) is 0 Å². The smallest absolute Gasteiger partial charge is 0.383 e. The summed E-state index contributed by atoms with van der Waals surface area (Å²) in [4.78, 5) is 11.7. The number of rotatable bonds is 1. The molecule has 3 saturated carbocycles. The molecule has 0 heterocycles. The van der Waals surface area contributed by atoms with Crippen LogP contribution in [0.5, 0.6) is 0 Å². The number of hydrogen-bond donors (Lipinski definition) is 1. The van der Waals surface area contributed by atoms with Crippen molar-refractivity contribution >= 4 is 5.78 Å². The molecule has 0 aliphatic heterocycles. The van der Waals surface area contributed by atoms with Gasteiger partial charge in [0.15, 0.2) is 11.9 Å². The molecule has 4 aliphatic carbocycles. The zero-order chi connectivity index (χ0) is 18.0. The second-order valence-corrected chi connectivity index (χ2v) is 9.02. The lowest BCUT2D eigenvalue weighted by atomic mass is 9.51. The van der Waals surface area contributed by atoms with Crippen molar-refractivity contribution in [3.05, 3.63) is 11.6 Å². The molecule has 0 unspecified atom stereocenters. The third-order valence-electron chi connectivity index (χ3n) is 8.09. The van der Waals surface area contributed by atoms with Gasteiger partial charge in [0, 0.05) is 6.42 Å². The Labute approximate surface area is 146 Å². The van der Waals surface area contributed by atoms with Gasteiger partial charge >= 0.3 is 6.18 Å². The summed E-state index contributed by atoms with van der Waals surface area (Å²) in [7, 11) is 0. The Morgan fingerprint density at radius 2 is 1.88 bits per heavy atom. The maximum atomic E-state index is 13.1. The van der Waals surface area contributed by atoms with Gasteiger partial charge in [0.05, 0.1) is 0 Å². The summed E-state index contributed by atoms with van der Waals surface area (Å²) in [6.07, 6.45) is 1.60. The van der Waals surface area contributed by atoms with E-state index in [0.717, 1.165) is 38.5 Å². The molecule has 0 amide bonds. The molecule has 0 spiro atoms. The van der Waals surface area contributed by atoms with Gasteiger partial charge in [-0.3, -0.25) is 4.79 Å². The van der Waals surface area contributed by atoms with E-state index in [1.54, 1.807) is 0 Å². The Hall–Kier alpha value is -0.840. The van der Waals surface area contributed by atoms with E-state index in [-0.39, 0.29) is 11.7 Å². The fourth-order valence-corrected chi connectivity index (χ4v) is 6.97. The van der Waals surface area contributed by atoms with Gasteiger partial charge in [-0.15, -0.1) is 0 Å². The van der Waals surface area contributed by atoms with Crippen LogP contribution in [-0.4, -0.2) is 23.2 Å². The van der Waals surface area contributed by atoms with E-state index in [0.29, 0.717) is 30.6 Å². The van der Waals surface area contributed by atoms with Crippen LogP contribution in [0, 0.1) is 35.0 Å². The standard InChI is InChI=1S/C20H27F3O2/c1-19-9-8-14-13-5-3-12(24)10-11(13)2-4-15(14)16(19)6-7-17(19)18(25)20(21,22)23/h10,13-18,25H,2-9H2,1H3/t13-,14+,15+,16+,17-,18+,19-/m0/s1. The SMILES string of the molecule is C[C@]12CC[C@H]3[C@@H](CCC4=CC(=O)CC[C@@H]43)[C@H]1CC[C@H]2[C@@H](O)C(F)(F)F. The minimum atomic E-state index is -4.52. The van der Waals surface area contributed by atoms with Gasteiger partial charge in [-0.2, -0.15) is 13.2 Å². The first-order chi connectivity index (χ1) is 11.7. The van der Waals surface area contributed by atoms with Crippen LogP contribution in [-0.2, 0) is 4.79 Å². The fraction of sp³-hybridized carbons (Fsp3) is 0.850. The van der Waals surface area contributed by atoms with Gasteiger partial charge in [0.2, 0.25) is 0 Å². The summed E-state index contributed by atoms with van der Waals surface area (Å²) in [5.74, 6) is 1.30. The molecule has 1 N–H and O–H groups in total. The predicted molar refractivity (Wildman–Crippen MR) is 87.6 cm³/mol. The number of fused-ring (bicyclic) bond motifs is 5. The Morgan fingerprint density at radius 1 is 1.12 bits per heavy atom. The summed E-state index contributed by atoms with van der Waals surface area (Å²) < 4.78 is 39.4. The molecule has 0 bridgehead atoms. The van der Waals surface area contributed by atoms with E-state index in [2.05, 4.69) is 0 Å². The van der Waals surface area contributed by atoms with E-state index in [9.17, 15) is 23.1 Å². The van der Waals surface area contributed by atoms with E-state index < -0.39 is 23.6 Å². The Bertz CT molecular complexity index is 596. The fourth-order valence-electron chi connectivity index (χ4n) is 6.97. The molecule has 4 rings (SSSR count). The molecular formula is C20H27F3O2. The van der Waals surface area contributed by atoms with E-state index in [1.807, 2.05) is 13.0 Å². The lowest BCUT2D eigenvalue weighted by molar-refractivity contribution is -0.233.